The standard InChI is InChI=1S/C20H21N5O3/c21-19-18-15(12-1-2-16-17(5-12)28-11-27-16)8-25(20(18)23-10-22-19)13-3-4-24(6-13)7-14-9-26-14/h1-2,5,8,10,13-14H,3-4,6-7,9,11H2,(H2,21,22,23)/t13-,14+/m0/s1. The molecule has 2 aromatic heterocycles. The van der Waals surface area contributed by atoms with E-state index in [2.05, 4.69) is 25.6 Å². The molecule has 0 aliphatic carbocycles. The summed E-state index contributed by atoms with van der Waals surface area (Å²) in [5.41, 5.74) is 9.20. The lowest BCUT2D eigenvalue weighted by molar-refractivity contribution is 0.174. The van der Waals surface area contributed by atoms with Gasteiger partial charge in [0, 0.05) is 37.4 Å². The van der Waals surface area contributed by atoms with Gasteiger partial charge in [-0.25, -0.2) is 9.97 Å². The number of nitrogens with zero attached hydrogens (tertiary/aromatic N) is 4. The van der Waals surface area contributed by atoms with Gasteiger partial charge in [-0.3, -0.25) is 4.90 Å². The van der Waals surface area contributed by atoms with Crippen LogP contribution in [0.3, 0.4) is 0 Å². The van der Waals surface area contributed by atoms with Crippen LogP contribution in [0, 0.1) is 0 Å². The van der Waals surface area contributed by atoms with Crippen LogP contribution < -0.4 is 15.2 Å². The van der Waals surface area contributed by atoms with Crippen LogP contribution >= 0.6 is 0 Å². The second-order valence-electron chi connectivity index (χ2n) is 7.63. The van der Waals surface area contributed by atoms with Crippen molar-refractivity contribution in [3.63, 3.8) is 0 Å². The van der Waals surface area contributed by atoms with E-state index in [1.807, 2.05) is 18.2 Å². The number of fused-ring (bicyclic) bond motifs is 2. The fraction of sp³-hybridized carbons (Fsp3) is 0.400. The molecule has 144 valence electrons. The Bertz CT molecular complexity index is 1060. The number of rotatable bonds is 4. The van der Waals surface area contributed by atoms with E-state index < -0.39 is 0 Å². The van der Waals surface area contributed by atoms with E-state index in [1.54, 1.807) is 6.33 Å². The second kappa shape index (κ2) is 6.08. The van der Waals surface area contributed by atoms with Crippen molar-refractivity contribution in [3.8, 4) is 22.6 Å². The van der Waals surface area contributed by atoms with Crippen LogP contribution in [0.15, 0.2) is 30.7 Å². The van der Waals surface area contributed by atoms with Gasteiger partial charge >= 0.3 is 0 Å². The predicted molar refractivity (Wildman–Crippen MR) is 103 cm³/mol. The highest BCUT2D eigenvalue weighted by Gasteiger charge is 2.32. The molecule has 2 fully saturated rings. The third kappa shape index (κ3) is 2.60. The molecule has 2 atom stereocenters. The summed E-state index contributed by atoms with van der Waals surface area (Å²) in [7, 11) is 0. The van der Waals surface area contributed by atoms with E-state index in [0.29, 0.717) is 18.0 Å². The molecule has 1 aromatic carbocycles. The van der Waals surface area contributed by atoms with Gasteiger partial charge in [0.25, 0.3) is 0 Å². The summed E-state index contributed by atoms with van der Waals surface area (Å²) >= 11 is 0. The number of aromatic nitrogens is 3. The molecule has 3 aliphatic rings. The van der Waals surface area contributed by atoms with Crippen LogP contribution in [-0.4, -0.2) is 58.6 Å². The molecule has 0 spiro atoms. The monoisotopic (exact) mass is 379 g/mol. The molecule has 3 aromatic rings. The number of benzene rings is 1. The largest absolute Gasteiger partial charge is 0.454 e. The van der Waals surface area contributed by atoms with Gasteiger partial charge in [-0.2, -0.15) is 0 Å². The SMILES string of the molecule is Nc1ncnc2c1c(-c1ccc3c(c1)OCO3)cn2[C@H]1CCN(C[C@@H]2CO2)C1. The van der Waals surface area contributed by atoms with E-state index in [-0.39, 0.29) is 6.79 Å². The van der Waals surface area contributed by atoms with Gasteiger partial charge < -0.3 is 24.5 Å². The van der Waals surface area contributed by atoms with E-state index in [1.165, 1.54) is 0 Å². The van der Waals surface area contributed by atoms with Gasteiger partial charge in [-0.1, -0.05) is 6.07 Å². The zero-order valence-electron chi connectivity index (χ0n) is 15.4. The summed E-state index contributed by atoms with van der Waals surface area (Å²) < 4.78 is 18.7. The maximum Gasteiger partial charge on any atom is 0.231 e. The van der Waals surface area contributed by atoms with Crippen LogP contribution in [-0.2, 0) is 4.74 Å². The molecular weight excluding hydrogens is 358 g/mol. The molecule has 6 rings (SSSR count). The number of likely N-dealkylation sites (tertiary alicyclic amines) is 1. The maximum atomic E-state index is 6.27. The van der Waals surface area contributed by atoms with E-state index in [4.69, 9.17) is 19.9 Å². The first kappa shape index (κ1) is 16.1. The molecule has 0 bridgehead atoms. The van der Waals surface area contributed by atoms with Gasteiger partial charge in [0.15, 0.2) is 11.5 Å². The number of nitrogens with two attached hydrogens (primary N) is 1. The van der Waals surface area contributed by atoms with Crippen molar-refractivity contribution in [1.82, 2.24) is 19.4 Å². The lowest BCUT2D eigenvalue weighted by Gasteiger charge is -2.16. The van der Waals surface area contributed by atoms with Gasteiger partial charge in [-0.15, -0.1) is 0 Å². The van der Waals surface area contributed by atoms with Crippen LogP contribution in [0.4, 0.5) is 5.82 Å². The molecule has 28 heavy (non-hydrogen) atoms. The number of epoxide rings is 1. The smallest absolute Gasteiger partial charge is 0.231 e. The lowest BCUT2D eigenvalue weighted by Crippen LogP contribution is -2.25. The summed E-state index contributed by atoms with van der Waals surface area (Å²) in [6.45, 7) is 4.24. The number of ether oxygens (including phenoxy) is 3. The zero-order valence-corrected chi connectivity index (χ0v) is 15.4. The molecule has 8 heteroatoms. The number of hydrogen-bond donors (Lipinski definition) is 1. The Hall–Kier alpha value is -2.84. The van der Waals surface area contributed by atoms with E-state index >= 15 is 0 Å². The Kier molecular flexibility index (Phi) is 3.51. The van der Waals surface area contributed by atoms with Crippen LogP contribution in [0.2, 0.25) is 0 Å². The Balaban J connectivity index is 1.42. The van der Waals surface area contributed by atoms with Gasteiger partial charge in [0.2, 0.25) is 6.79 Å². The molecule has 0 amide bonds. The fourth-order valence-corrected chi connectivity index (χ4v) is 4.34. The lowest BCUT2D eigenvalue weighted by atomic mass is 10.1. The molecule has 0 radical (unpaired) electrons. The predicted octanol–water partition coefficient (Wildman–Crippen LogP) is 2.05. The van der Waals surface area contributed by atoms with Crippen molar-refractivity contribution in [1.29, 1.82) is 0 Å². The minimum atomic E-state index is 0.258. The molecule has 0 unspecified atom stereocenters. The van der Waals surface area contributed by atoms with Crippen molar-refractivity contribution in [3.05, 3.63) is 30.7 Å². The van der Waals surface area contributed by atoms with Crippen molar-refractivity contribution in [2.75, 3.05) is 38.8 Å². The summed E-state index contributed by atoms with van der Waals surface area (Å²) in [5.74, 6) is 2.02. The minimum absolute atomic E-state index is 0.258. The molecular formula is C20H21N5O3. The summed E-state index contributed by atoms with van der Waals surface area (Å²) in [6.07, 6.45) is 5.21. The molecule has 3 aliphatic heterocycles. The summed E-state index contributed by atoms with van der Waals surface area (Å²) in [4.78, 5) is 11.3. The van der Waals surface area contributed by atoms with Crippen LogP contribution in [0.1, 0.15) is 12.5 Å². The minimum Gasteiger partial charge on any atom is -0.454 e. The quantitative estimate of drug-likeness (QED) is 0.694. The average molecular weight is 379 g/mol. The first-order chi connectivity index (χ1) is 13.8. The van der Waals surface area contributed by atoms with Crippen molar-refractivity contribution in [2.24, 2.45) is 0 Å². The fourth-order valence-electron chi connectivity index (χ4n) is 4.34. The zero-order chi connectivity index (χ0) is 18.7. The van der Waals surface area contributed by atoms with Crippen molar-refractivity contribution in [2.45, 2.75) is 18.6 Å². The molecule has 2 N–H and O–H groups in total. The summed E-state index contributed by atoms with van der Waals surface area (Å²) in [6, 6.07) is 6.33. The first-order valence-electron chi connectivity index (χ1n) is 9.61. The molecule has 0 saturated carbocycles. The second-order valence-corrected chi connectivity index (χ2v) is 7.63. The average Bonchev–Trinajstić information content (AvgIpc) is 3.10. The highest BCUT2D eigenvalue weighted by molar-refractivity contribution is 6.01. The van der Waals surface area contributed by atoms with Crippen molar-refractivity contribution >= 4 is 16.9 Å². The third-order valence-corrected chi connectivity index (χ3v) is 5.83. The third-order valence-electron chi connectivity index (χ3n) is 5.83. The normalized spacial score (nSPS) is 23.6. The first-order valence-corrected chi connectivity index (χ1v) is 9.61. The maximum absolute atomic E-state index is 6.27. The number of hydrogen-bond acceptors (Lipinski definition) is 7. The Morgan fingerprint density at radius 1 is 1.18 bits per heavy atom. The number of nitrogen functional groups attached to an aromatic ring is 1. The van der Waals surface area contributed by atoms with Gasteiger partial charge in [0.1, 0.15) is 17.8 Å². The van der Waals surface area contributed by atoms with Crippen LogP contribution in [0.5, 0.6) is 11.5 Å². The molecule has 8 nitrogen and oxygen atoms in total. The Labute approximate surface area is 161 Å². The van der Waals surface area contributed by atoms with Crippen molar-refractivity contribution < 1.29 is 14.2 Å². The Morgan fingerprint density at radius 2 is 2.07 bits per heavy atom. The molecule has 5 heterocycles. The van der Waals surface area contributed by atoms with E-state index in [0.717, 1.165) is 66.3 Å². The molecule has 2 saturated heterocycles. The van der Waals surface area contributed by atoms with Crippen LogP contribution in [0.25, 0.3) is 22.2 Å². The highest BCUT2D eigenvalue weighted by atomic mass is 16.7. The van der Waals surface area contributed by atoms with E-state index in [9.17, 15) is 0 Å². The Morgan fingerprint density at radius 3 is 2.96 bits per heavy atom. The summed E-state index contributed by atoms with van der Waals surface area (Å²) in [5, 5.41) is 0.894. The van der Waals surface area contributed by atoms with Gasteiger partial charge in [0.05, 0.1) is 18.1 Å². The topological polar surface area (TPSA) is 91.0 Å². The number of anilines is 1. The highest BCUT2D eigenvalue weighted by Crippen LogP contribution is 2.40. The van der Waals surface area contributed by atoms with Gasteiger partial charge in [-0.05, 0) is 24.1 Å².